The predicted molar refractivity (Wildman–Crippen MR) is 116 cm³/mol. The molecular weight excluding hydrogens is 372 g/mol. The lowest BCUT2D eigenvalue weighted by atomic mass is 9.92. The van der Waals surface area contributed by atoms with Gasteiger partial charge in [0, 0.05) is 12.8 Å². The molecule has 2 aliphatic heterocycles. The Balaban J connectivity index is 2.09. The lowest BCUT2D eigenvalue weighted by Crippen LogP contribution is -2.53. The van der Waals surface area contributed by atoms with E-state index < -0.39 is 27.8 Å². The number of carbonyl (C=O) groups is 1. The van der Waals surface area contributed by atoms with Gasteiger partial charge in [-0.2, -0.15) is 0 Å². The number of rotatable bonds is 6. The highest BCUT2D eigenvalue weighted by Gasteiger charge is 2.57. The Morgan fingerprint density at radius 1 is 0.815 bits per heavy atom. The fraction of sp³-hybridized carbons (Fsp3) is 0.952. The molecule has 6 heteroatoms. The number of ketones is 1. The van der Waals surface area contributed by atoms with Crippen molar-refractivity contribution in [3.8, 4) is 0 Å². The van der Waals surface area contributed by atoms with Crippen LogP contribution >= 0.6 is 0 Å². The van der Waals surface area contributed by atoms with Crippen LogP contribution in [0.2, 0.25) is 36.3 Å². The van der Waals surface area contributed by atoms with Crippen molar-refractivity contribution in [3.05, 3.63) is 0 Å². The van der Waals surface area contributed by atoms with Crippen LogP contribution < -0.4 is 0 Å². The molecule has 2 bridgehead atoms. The minimum atomic E-state index is -1.87. The minimum Gasteiger partial charge on any atom is -0.414 e. The summed E-state index contributed by atoms with van der Waals surface area (Å²) in [4.78, 5) is 12.6. The molecule has 0 amide bonds. The van der Waals surface area contributed by atoms with E-state index in [2.05, 4.69) is 67.7 Å². The van der Waals surface area contributed by atoms with Crippen LogP contribution in [0, 0.1) is 0 Å². The van der Waals surface area contributed by atoms with Crippen LogP contribution in [0.25, 0.3) is 0 Å². The Hall–Kier alpha value is -0.0162. The summed E-state index contributed by atoms with van der Waals surface area (Å²) in [6, 6.07) is 0. The first-order chi connectivity index (χ1) is 11.9. The summed E-state index contributed by atoms with van der Waals surface area (Å²) in [6.07, 6.45) is 2.77. The predicted octanol–water partition coefficient (Wildman–Crippen LogP) is 5.68. The third-order valence-corrected chi connectivity index (χ3v) is 16.5. The maximum atomic E-state index is 12.6. The molecule has 1 unspecified atom stereocenters. The zero-order valence-electron chi connectivity index (χ0n) is 19.4. The molecule has 2 saturated heterocycles. The molecule has 0 aromatic rings. The molecule has 0 saturated carbocycles. The molecule has 0 aliphatic carbocycles. The summed E-state index contributed by atoms with van der Waals surface area (Å²) >= 11 is 0. The molecule has 4 nitrogen and oxygen atoms in total. The first-order valence-electron chi connectivity index (χ1n) is 10.4. The molecule has 2 aliphatic rings. The highest BCUT2D eigenvalue weighted by Crippen LogP contribution is 2.49. The van der Waals surface area contributed by atoms with E-state index in [0.717, 1.165) is 12.8 Å². The maximum Gasteiger partial charge on any atom is 0.192 e. The monoisotopic (exact) mass is 414 g/mol. The Bertz CT molecular complexity index is 526. The quantitative estimate of drug-likeness (QED) is 0.524. The highest BCUT2D eigenvalue weighted by molar-refractivity contribution is 6.74. The standard InChI is InChI=1S/C21H42O4Si2/c1-18(2,3)26(7,8)23-15-20-11-12-21(25-20,14-17(22)13-20)16-24-27(9,10)19(4,5)6/h11-16H2,1-10H3/t20-,21?/m1/s1. The Labute approximate surface area is 169 Å². The third-order valence-electron chi connectivity index (χ3n) is 7.51. The lowest BCUT2D eigenvalue weighted by molar-refractivity contribution is -0.176. The smallest absolute Gasteiger partial charge is 0.192 e. The second kappa shape index (κ2) is 7.04. The van der Waals surface area contributed by atoms with Crippen molar-refractivity contribution in [2.24, 2.45) is 0 Å². The molecule has 2 fully saturated rings. The summed E-state index contributed by atoms with van der Waals surface area (Å²) < 4.78 is 19.6. The van der Waals surface area contributed by atoms with E-state index in [-0.39, 0.29) is 10.1 Å². The molecule has 158 valence electrons. The van der Waals surface area contributed by atoms with Crippen LogP contribution in [0.3, 0.4) is 0 Å². The summed E-state index contributed by atoms with van der Waals surface area (Å²) in [5.41, 5.74) is -0.886. The highest BCUT2D eigenvalue weighted by atomic mass is 28.4. The number of hydrogen-bond donors (Lipinski definition) is 0. The second-order valence-corrected chi connectivity index (χ2v) is 21.6. The van der Waals surface area contributed by atoms with E-state index in [1.165, 1.54) is 0 Å². The van der Waals surface area contributed by atoms with Crippen LogP contribution in [0.4, 0.5) is 0 Å². The summed E-state index contributed by atoms with van der Waals surface area (Å²) in [5, 5.41) is 0.312. The molecule has 2 rings (SSSR count). The number of carbonyl (C=O) groups excluding carboxylic acids is 1. The first kappa shape index (κ1) is 23.3. The van der Waals surface area contributed by atoms with Crippen molar-refractivity contribution in [3.63, 3.8) is 0 Å². The van der Waals surface area contributed by atoms with Crippen molar-refractivity contribution in [1.82, 2.24) is 0 Å². The molecule has 2 heterocycles. The lowest BCUT2D eigenvalue weighted by Gasteiger charge is -2.44. The number of hydrogen-bond acceptors (Lipinski definition) is 4. The van der Waals surface area contributed by atoms with Crippen LogP contribution in [-0.2, 0) is 18.4 Å². The van der Waals surface area contributed by atoms with Crippen molar-refractivity contribution in [1.29, 1.82) is 0 Å². The van der Waals surface area contributed by atoms with Crippen molar-refractivity contribution < 1.29 is 18.4 Å². The van der Waals surface area contributed by atoms with Crippen LogP contribution in [0.15, 0.2) is 0 Å². The molecule has 0 aromatic carbocycles. The normalized spacial score (nSPS) is 30.1. The maximum absolute atomic E-state index is 12.6. The van der Waals surface area contributed by atoms with Crippen molar-refractivity contribution in [2.75, 3.05) is 13.2 Å². The number of Topliss-reactive ketones (excluding diaryl/α,β-unsaturated/α-hetero) is 1. The fourth-order valence-electron chi connectivity index (χ4n) is 3.41. The van der Waals surface area contributed by atoms with Crippen molar-refractivity contribution >= 4 is 22.4 Å². The molecule has 0 radical (unpaired) electrons. The van der Waals surface area contributed by atoms with Gasteiger partial charge in [-0.25, -0.2) is 0 Å². The number of fused-ring (bicyclic) bond motifs is 2. The van der Waals surface area contributed by atoms with Gasteiger partial charge in [-0.05, 0) is 49.1 Å². The molecule has 0 N–H and O–H groups in total. The molecule has 27 heavy (non-hydrogen) atoms. The summed E-state index contributed by atoms with van der Waals surface area (Å²) in [5.74, 6) is 0.302. The minimum absolute atomic E-state index is 0.156. The van der Waals surface area contributed by atoms with Gasteiger partial charge >= 0.3 is 0 Å². The van der Waals surface area contributed by atoms with E-state index >= 15 is 0 Å². The summed E-state index contributed by atoms with van der Waals surface area (Å²) in [6.45, 7) is 23.6. The van der Waals surface area contributed by atoms with E-state index in [1.54, 1.807) is 0 Å². The van der Waals surface area contributed by atoms with Gasteiger partial charge in [0.2, 0.25) is 0 Å². The SMILES string of the molecule is CC(C)(C)[Si](C)(C)OCC12CC[C@](CO[Si](C)(C)C(C)(C)C)(CC(=O)C1)O2. The summed E-state index contributed by atoms with van der Waals surface area (Å²) in [7, 11) is -3.74. The average Bonchev–Trinajstić information content (AvgIpc) is 2.74. The molecule has 2 atom stereocenters. The Kier molecular flexibility index (Phi) is 6.07. The topological polar surface area (TPSA) is 44.8 Å². The van der Waals surface area contributed by atoms with Crippen LogP contribution in [0.5, 0.6) is 0 Å². The number of ether oxygens (including phenoxy) is 1. The molecule has 0 spiro atoms. The fourth-order valence-corrected chi connectivity index (χ4v) is 5.52. The van der Waals surface area contributed by atoms with E-state index in [0.29, 0.717) is 31.8 Å². The molecular formula is C21H42O4Si2. The van der Waals surface area contributed by atoms with Gasteiger partial charge in [0.15, 0.2) is 16.6 Å². The van der Waals surface area contributed by atoms with Crippen LogP contribution in [-0.4, -0.2) is 46.8 Å². The Morgan fingerprint density at radius 2 is 1.15 bits per heavy atom. The van der Waals surface area contributed by atoms with Gasteiger partial charge in [0.1, 0.15) is 5.78 Å². The van der Waals surface area contributed by atoms with Crippen LogP contribution in [0.1, 0.15) is 67.2 Å². The van der Waals surface area contributed by atoms with Gasteiger partial charge < -0.3 is 13.6 Å². The van der Waals surface area contributed by atoms with E-state index in [9.17, 15) is 4.79 Å². The zero-order chi connectivity index (χ0) is 20.9. The third kappa shape index (κ3) is 4.94. The Morgan fingerprint density at radius 3 is 1.44 bits per heavy atom. The van der Waals surface area contributed by atoms with Crippen molar-refractivity contribution in [2.45, 2.75) is 115 Å². The zero-order valence-corrected chi connectivity index (χ0v) is 21.4. The average molecular weight is 415 g/mol. The van der Waals surface area contributed by atoms with Gasteiger partial charge in [-0.3, -0.25) is 4.79 Å². The van der Waals surface area contributed by atoms with Gasteiger partial charge in [-0.15, -0.1) is 0 Å². The van der Waals surface area contributed by atoms with Gasteiger partial charge in [0.25, 0.3) is 0 Å². The van der Waals surface area contributed by atoms with Gasteiger partial charge in [0.05, 0.1) is 24.4 Å². The van der Waals surface area contributed by atoms with Gasteiger partial charge in [-0.1, -0.05) is 41.5 Å². The largest absolute Gasteiger partial charge is 0.414 e. The van der Waals surface area contributed by atoms with E-state index in [1.807, 2.05) is 0 Å². The molecule has 0 aromatic heterocycles. The van der Waals surface area contributed by atoms with E-state index in [4.69, 9.17) is 13.6 Å². The second-order valence-electron chi connectivity index (χ2n) is 12.0. The first-order valence-corrected chi connectivity index (χ1v) is 16.2.